The van der Waals surface area contributed by atoms with Gasteiger partial charge in [0, 0.05) is 19.4 Å². The number of hydrogen-bond acceptors (Lipinski definition) is 5. The van der Waals surface area contributed by atoms with Crippen molar-refractivity contribution >= 4 is 17.2 Å². The first-order valence-electron chi connectivity index (χ1n) is 6.33. The Labute approximate surface area is 125 Å². The third-order valence-electron chi connectivity index (χ3n) is 3.00. The maximum atomic E-state index is 12.5. The number of aromatic amines is 1. The summed E-state index contributed by atoms with van der Waals surface area (Å²) < 4.78 is 0. The summed E-state index contributed by atoms with van der Waals surface area (Å²) in [5, 5.41) is 8.85. The monoisotopic (exact) mass is 299 g/mol. The van der Waals surface area contributed by atoms with Gasteiger partial charge in [-0.15, -0.1) is 11.3 Å². The van der Waals surface area contributed by atoms with Gasteiger partial charge in [0.15, 0.2) is 0 Å². The van der Waals surface area contributed by atoms with Crippen LogP contribution >= 0.6 is 11.3 Å². The molecule has 0 atom stereocenters. The van der Waals surface area contributed by atoms with E-state index in [1.807, 2.05) is 17.5 Å². The molecule has 0 aliphatic carbocycles. The third kappa shape index (κ3) is 2.82. The van der Waals surface area contributed by atoms with Crippen LogP contribution in [0.5, 0.6) is 0 Å². The number of carbonyl (C=O) groups is 1. The Bertz CT molecular complexity index is 723. The largest absolute Gasteiger partial charge is 0.336 e. The average molecular weight is 299 g/mol. The van der Waals surface area contributed by atoms with E-state index in [9.17, 15) is 4.79 Å². The number of aromatic nitrogens is 4. The molecule has 21 heavy (non-hydrogen) atoms. The van der Waals surface area contributed by atoms with Crippen LogP contribution in [-0.4, -0.2) is 38.0 Å². The van der Waals surface area contributed by atoms with Gasteiger partial charge in [-0.2, -0.15) is 5.10 Å². The van der Waals surface area contributed by atoms with E-state index in [0.717, 1.165) is 16.3 Å². The highest BCUT2D eigenvalue weighted by atomic mass is 32.1. The Hall–Kier alpha value is -2.54. The molecule has 3 aromatic heterocycles. The molecular weight excluding hydrogens is 286 g/mol. The molecule has 1 N–H and O–H groups in total. The molecule has 0 radical (unpaired) electrons. The lowest BCUT2D eigenvalue weighted by Crippen LogP contribution is -2.26. The fourth-order valence-electron chi connectivity index (χ4n) is 1.99. The molecular formula is C14H13N5OS. The lowest BCUT2D eigenvalue weighted by Gasteiger charge is -2.16. The SMILES string of the molecule is CN(Cc1cnccn1)C(=O)c1cn[nH]c1-c1cccs1. The molecule has 7 heteroatoms. The van der Waals surface area contributed by atoms with E-state index in [1.165, 1.54) is 0 Å². The van der Waals surface area contributed by atoms with Crippen molar-refractivity contribution < 1.29 is 4.79 Å². The minimum absolute atomic E-state index is 0.0993. The van der Waals surface area contributed by atoms with Crippen molar-refractivity contribution in [1.29, 1.82) is 0 Å². The van der Waals surface area contributed by atoms with E-state index in [2.05, 4.69) is 20.2 Å². The van der Waals surface area contributed by atoms with Gasteiger partial charge in [-0.05, 0) is 11.4 Å². The predicted octanol–water partition coefficient (Wildman–Crippen LogP) is 2.20. The van der Waals surface area contributed by atoms with E-state index >= 15 is 0 Å². The second kappa shape index (κ2) is 5.84. The van der Waals surface area contributed by atoms with Crippen LogP contribution in [0, 0.1) is 0 Å². The molecule has 3 heterocycles. The second-order valence-corrected chi connectivity index (χ2v) is 5.44. The normalized spacial score (nSPS) is 10.5. The third-order valence-corrected chi connectivity index (χ3v) is 3.89. The van der Waals surface area contributed by atoms with Crippen LogP contribution in [0.1, 0.15) is 16.1 Å². The fraction of sp³-hybridized carbons (Fsp3) is 0.143. The summed E-state index contributed by atoms with van der Waals surface area (Å²) in [6.45, 7) is 0.404. The first-order chi connectivity index (χ1) is 10.3. The highest BCUT2D eigenvalue weighted by Crippen LogP contribution is 2.26. The van der Waals surface area contributed by atoms with Gasteiger partial charge in [-0.25, -0.2) is 0 Å². The number of thiophene rings is 1. The van der Waals surface area contributed by atoms with E-state index in [4.69, 9.17) is 0 Å². The number of nitrogens with zero attached hydrogens (tertiary/aromatic N) is 4. The Kier molecular flexibility index (Phi) is 3.74. The molecule has 6 nitrogen and oxygen atoms in total. The zero-order valence-electron chi connectivity index (χ0n) is 11.4. The first-order valence-corrected chi connectivity index (χ1v) is 7.21. The Morgan fingerprint density at radius 2 is 2.29 bits per heavy atom. The molecule has 0 fully saturated rings. The van der Waals surface area contributed by atoms with Crippen molar-refractivity contribution in [3.05, 3.63) is 53.6 Å². The van der Waals surface area contributed by atoms with E-state index in [0.29, 0.717) is 12.1 Å². The molecule has 3 aromatic rings. The molecule has 0 saturated heterocycles. The molecule has 0 spiro atoms. The van der Waals surface area contributed by atoms with Crippen molar-refractivity contribution in [2.24, 2.45) is 0 Å². The van der Waals surface area contributed by atoms with E-state index in [1.54, 1.807) is 48.1 Å². The van der Waals surface area contributed by atoms with Gasteiger partial charge >= 0.3 is 0 Å². The standard InChI is InChI=1S/C14H13N5OS/c1-19(9-10-7-15-4-5-16-10)14(20)11-8-17-18-13(11)12-3-2-6-21-12/h2-8H,9H2,1H3,(H,17,18). The molecule has 0 bridgehead atoms. The zero-order valence-corrected chi connectivity index (χ0v) is 12.2. The summed E-state index contributed by atoms with van der Waals surface area (Å²) in [4.78, 5) is 23.3. The summed E-state index contributed by atoms with van der Waals surface area (Å²) >= 11 is 1.56. The summed E-state index contributed by atoms with van der Waals surface area (Å²) in [6.07, 6.45) is 6.43. The van der Waals surface area contributed by atoms with Crippen LogP contribution in [0.4, 0.5) is 0 Å². The summed E-state index contributed by atoms with van der Waals surface area (Å²) in [5.41, 5.74) is 2.05. The van der Waals surface area contributed by atoms with Gasteiger partial charge in [0.05, 0.1) is 40.8 Å². The van der Waals surface area contributed by atoms with Crippen molar-refractivity contribution in [3.8, 4) is 10.6 Å². The topological polar surface area (TPSA) is 74.8 Å². The number of hydrogen-bond donors (Lipinski definition) is 1. The summed E-state index contributed by atoms with van der Waals surface area (Å²) in [7, 11) is 1.74. The Balaban J connectivity index is 1.81. The van der Waals surface area contributed by atoms with E-state index < -0.39 is 0 Å². The molecule has 1 amide bonds. The van der Waals surface area contributed by atoms with Gasteiger partial charge in [-0.1, -0.05) is 6.07 Å². The van der Waals surface area contributed by atoms with Gasteiger partial charge in [-0.3, -0.25) is 19.9 Å². The number of nitrogens with one attached hydrogen (secondary N) is 1. The number of amides is 1. The molecule has 0 aliphatic heterocycles. The van der Waals surface area contributed by atoms with Crippen molar-refractivity contribution in [3.63, 3.8) is 0 Å². The van der Waals surface area contributed by atoms with Crippen LogP contribution in [0.25, 0.3) is 10.6 Å². The lowest BCUT2D eigenvalue weighted by molar-refractivity contribution is 0.0784. The van der Waals surface area contributed by atoms with Gasteiger partial charge in [0.2, 0.25) is 0 Å². The maximum absolute atomic E-state index is 12.5. The lowest BCUT2D eigenvalue weighted by atomic mass is 10.2. The van der Waals surface area contributed by atoms with Crippen molar-refractivity contribution in [2.75, 3.05) is 7.05 Å². The second-order valence-electron chi connectivity index (χ2n) is 4.49. The Morgan fingerprint density at radius 1 is 1.38 bits per heavy atom. The van der Waals surface area contributed by atoms with Crippen LogP contribution in [0.3, 0.4) is 0 Å². The summed E-state index contributed by atoms with van der Waals surface area (Å²) in [5.74, 6) is -0.0993. The predicted molar refractivity (Wildman–Crippen MR) is 79.7 cm³/mol. The fourth-order valence-corrected chi connectivity index (χ4v) is 2.72. The van der Waals surface area contributed by atoms with Gasteiger partial charge in [0.1, 0.15) is 0 Å². The molecule has 0 saturated carbocycles. The minimum Gasteiger partial charge on any atom is -0.336 e. The van der Waals surface area contributed by atoms with Gasteiger partial charge < -0.3 is 4.90 Å². The molecule has 106 valence electrons. The van der Waals surface area contributed by atoms with Crippen LogP contribution in [-0.2, 0) is 6.54 Å². The number of rotatable bonds is 4. The first kappa shape index (κ1) is 13.4. The van der Waals surface area contributed by atoms with Crippen LogP contribution in [0.2, 0.25) is 0 Å². The zero-order chi connectivity index (χ0) is 14.7. The quantitative estimate of drug-likeness (QED) is 0.801. The Morgan fingerprint density at radius 3 is 3.00 bits per heavy atom. The number of carbonyl (C=O) groups excluding carboxylic acids is 1. The van der Waals surface area contributed by atoms with Crippen LogP contribution in [0.15, 0.2) is 42.3 Å². The van der Waals surface area contributed by atoms with Crippen LogP contribution < -0.4 is 0 Å². The number of H-pyrrole nitrogens is 1. The molecule has 3 rings (SSSR count). The average Bonchev–Trinajstić information content (AvgIpc) is 3.18. The minimum atomic E-state index is -0.0993. The molecule has 0 aliphatic rings. The van der Waals surface area contributed by atoms with E-state index in [-0.39, 0.29) is 5.91 Å². The van der Waals surface area contributed by atoms with Gasteiger partial charge in [0.25, 0.3) is 5.91 Å². The highest BCUT2D eigenvalue weighted by molar-refractivity contribution is 7.13. The highest BCUT2D eigenvalue weighted by Gasteiger charge is 2.19. The molecule has 0 aromatic carbocycles. The van der Waals surface area contributed by atoms with Crippen molar-refractivity contribution in [2.45, 2.75) is 6.54 Å². The smallest absolute Gasteiger partial charge is 0.257 e. The summed E-state index contributed by atoms with van der Waals surface area (Å²) in [6, 6.07) is 3.90. The maximum Gasteiger partial charge on any atom is 0.257 e. The van der Waals surface area contributed by atoms with Crippen molar-refractivity contribution in [1.82, 2.24) is 25.1 Å². The molecule has 0 unspecified atom stereocenters.